The predicted molar refractivity (Wildman–Crippen MR) is 149 cm³/mol. The number of nitriles is 1. The number of benzene rings is 1. The minimum Gasteiger partial charge on any atom is -0.496 e. The number of halogens is 1. The summed E-state index contributed by atoms with van der Waals surface area (Å²) in [5.74, 6) is -0.662. The summed E-state index contributed by atoms with van der Waals surface area (Å²) in [6.45, 7) is 3.79. The van der Waals surface area contributed by atoms with E-state index in [0.29, 0.717) is 52.3 Å². The van der Waals surface area contributed by atoms with Gasteiger partial charge in [-0.3, -0.25) is 14.3 Å². The van der Waals surface area contributed by atoms with E-state index in [1.807, 2.05) is 6.92 Å². The number of aromatic nitrogens is 5. The first kappa shape index (κ1) is 27.7. The number of fused-ring (bicyclic) bond motifs is 1. The van der Waals surface area contributed by atoms with Crippen LogP contribution in [0.25, 0.3) is 16.9 Å². The van der Waals surface area contributed by atoms with Gasteiger partial charge in [-0.15, -0.1) is 0 Å². The Balaban J connectivity index is 1.56. The Morgan fingerprint density at radius 1 is 1.34 bits per heavy atom. The fourth-order valence-corrected chi connectivity index (χ4v) is 5.36. The highest BCUT2D eigenvalue weighted by Crippen LogP contribution is 2.38. The van der Waals surface area contributed by atoms with Crippen molar-refractivity contribution in [3.63, 3.8) is 0 Å². The van der Waals surface area contributed by atoms with Gasteiger partial charge in [0.1, 0.15) is 18.0 Å². The molecule has 2 atom stereocenters. The second kappa shape index (κ2) is 11.3. The minimum absolute atomic E-state index is 0.0208. The topological polar surface area (TPSA) is 118 Å². The van der Waals surface area contributed by atoms with Crippen LogP contribution in [0.1, 0.15) is 54.1 Å². The van der Waals surface area contributed by atoms with E-state index in [0.717, 1.165) is 0 Å². The molecular formula is C30H30FN7O3. The van der Waals surface area contributed by atoms with Crippen LogP contribution in [0.3, 0.4) is 0 Å². The molecule has 0 N–H and O–H groups in total. The van der Waals surface area contributed by atoms with Crippen molar-refractivity contribution in [3.8, 4) is 23.1 Å². The number of ether oxygens (including phenoxy) is 1. The van der Waals surface area contributed by atoms with Crippen molar-refractivity contribution < 1.29 is 18.7 Å². The molecule has 0 saturated carbocycles. The zero-order valence-electron chi connectivity index (χ0n) is 23.1. The Bertz CT molecular complexity index is 1680. The molecule has 10 nitrogen and oxygen atoms in total. The highest BCUT2D eigenvalue weighted by molar-refractivity contribution is 6.06. The highest BCUT2D eigenvalue weighted by atomic mass is 19.1. The van der Waals surface area contributed by atoms with E-state index < -0.39 is 11.6 Å². The van der Waals surface area contributed by atoms with Crippen LogP contribution in [0, 0.1) is 11.3 Å². The standard InChI is InChI=1S/C30H30FN7O3/c1-4-9-30(31)10-13-36(19-30)26(39)18-37-17-24(27(35-37)22-14-20(15-32)7-8-25(22)41-3)21(5-2)28(40)23-16-34-38-12-6-11-33-29(23)38/h4,6-9,11-12,14,16-17,21H,5,10,13,18-19H2,1-3H3. The van der Waals surface area contributed by atoms with Crippen molar-refractivity contribution in [2.75, 3.05) is 20.2 Å². The summed E-state index contributed by atoms with van der Waals surface area (Å²) in [4.78, 5) is 33.0. The number of allylic oxidation sites excluding steroid dienone is 1. The van der Waals surface area contributed by atoms with Gasteiger partial charge < -0.3 is 9.64 Å². The Labute approximate surface area is 236 Å². The van der Waals surface area contributed by atoms with Gasteiger partial charge in [0, 0.05) is 42.7 Å². The number of carbonyl (C=O) groups excluding carboxylic acids is 2. The van der Waals surface area contributed by atoms with Gasteiger partial charge in [-0.1, -0.05) is 19.1 Å². The monoisotopic (exact) mass is 555 g/mol. The van der Waals surface area contributed by atoms with Crippen LogP contribution in [0.5, 0.6) is 5.75 Å². The fraction of sp³-hybridized carbons (Fsp3) is 0.333. The van der Waals surface area contributed by atoms with Gasteiger partial charge in [0.05, 0.1) is 48.7 Å². The molecular weight excluding hydrogens is 525 g/mol. The summed E-state index contributed by atoms with van der Waals surface area (Å²) < 4.78 is 23.6. The summed E-state index contributed by atoms with van der Waals surface area (Å²) in [6, 6.07) is 8.82. The third kappa shape index (κ3) is 5.33. The van der Waals surface area contributed by atoms with Gasteiger partial charge in [-0.25, -0.2) is 13.9 Å². The van der Waals surface area contributed by atoms with Crippen molar-refractivity contribution in [3.05, 3.63) is 77.9 Å². The largest absolute Gasteiger partial charge is 0.496 e. The number of alkyl halides is 1. The molecule has 1 saturated heterocycles. The number of hydrogen-bond acceptors (Lipinski definition) is 7. The molecule has 2 unspecified atom stereocenters. The summed E-state index contributed by atoms with van der Waals surface area (Å²) >= 11 is 0. The van der Waals surface area contributed by atoms with Crippen molar-refractivity contribution in [2.45, 2.75) is 44.8 Å². The lowest BCUT2D eigenvalue weighted by Crippen LogP contribution is -2.34. The molecule has 5 rings (SSSR count). The average Bonchev–Trinajstić information content (AvgIpc) is 3.70. The zero-order valence-corrected chi connectivity index (χ0v) is 23.1. The molecule has 1 aliphatic heterocycles. The Kier molecular flexibility index (Phi) is 7.66. The number of rotatable bonds is 9. The molecule has 0 aliphatic carbocycles. The third-order valence-corrected chi connectivity index (χ3v) is 7.38. The smallest absolute Gasteiger partial charge is 0.244 e. The summed E-state index contributed by atoms with van der Waals surface area (Å²) in [5.41, 5.74) is 1.17. The van der Waals surface area contributed by atoms with Crippen LogP contribution in [-0.2, 0) is 11.3 Å². The average molecular weight is 556 g/mol. The van der Waals surface area contributed by atoms with Gasteiger partial charge in [0.25, 0.3) is 0 Å². The summed E-state index contributed by atoms with van der Waals surface area (Å²) in [5, 5.41) is 18.6. The van der Waals surface area contributed by atoms with E-state index in [1.165, 1.54) is 33.5 Å². The summed E-state index contributed by atoms with van der Waals surface area (Å²) in [7, 11) is 1.51. The van der Waals surface area contributed by atoms with Gasteiger partial charge in [0.2, 0.25) is 5.91 Å². The Hall–Kier alpha value is -4.85. The molecule has 0 radical (unpaired) electrons. The van der Waals surface area contributed by atoms with Gasteiger partial charge in [-0.05, 0) is 37.6 Å². The number of hydrogen-bond donors (Lipinski definition) is 0. The van der Waals surface area contributed by atoms with E-state index in [4.69, 9.17) is 9.84 Å². The predicted octanol–water partition coefficient (Wildman–Crippen LogP) is 4.37. The van der Waals surface area contributed by atoms with Crippen LogP contribution >= 0.6 is 0 Å². The maximum Gasteiger partial charge on any atom is 0.244 e. The SMILES string of the molecule is CC=CC1(F)CCN(C(=O)Cn2cc(C(CC)C(=O)c3cnn4cccnc34)c(-c3cc(C#N)ccc3OC)n2)C1. The molecule has 3 aromatic heterocycles. The second-order valence-corrected chi connectivity index (χ2v) is 10.0. The first-order valence-corrected chi connectivity index (χ1v) is 13.4. The number of nitrogens with zero attached hydrogens (tertiary/aromatic N) is 7. The molecule has 210 valence electrons. The number of methoxy groups -OCH3 is 1. The maximum absolute atomic E-state index is 15.0. The number of ketones is 1. The van der Waals surface area contributed by atoms with Crippen molar-refractivity contribution in [1.29, 1.82) is 5.26 Å². The fourth-order valence-electron chi connectivity index (χ4n) is 5.36. The second-order valence-electron chi connectivity index (χ2n) is 10.0. The number of carbonyl (C=O) groups is 2. The third-order valence-electron chi connectivity index (χ3n) is 7.38. The van der Waals surface area contributed by atoms with E-state index in [9.17, 15) is 19.2 Å². The molecule has 1 aromatic carbocycles. The maximum atomic E-state index is 15.0. The molecule has 0 bridgehead atoms. The van der Waals surface area contributed by atoms with Crippen LogP contribution in [0.2, 0.25) is 0 Å². The van der Waals surface area contributed by atoms with Crippen molar-refractivity contribution >= 4 is 17.3 Å². The molecule has 4 heterocycles. The van der Waals surface area contributed by atoms with Crippen LogP contribution in [-0.4, -0.2) is 66.8 Å². The van der Waals surface area contributed by atoms with E-state index in [2.05, 4.69) is 16.2 Å². The van der Waals surface area contributed by atoms with Crippen LogP contribution < -0.4 is 4.74 Å². The first-order chi connectivity index (χ1) is 19.8. The van der Waals surface area contributed by atoms with Crippen LogP contribution in [0.4, 0.5) is 4.39 Å². The summed E-state index contributed by atoms with van der Waals surface area (Å²) in [6.07, 6.45) is 10.3. The van der Waals surface area contributed by atoms with E-state index >= 15 is 0 Å². The lowest BCUT2D eigenvalue weighted by atomic mass is 9.88. The molecule has 11 heteroatoms. The normalized spacial score (nSPS) is 17.7. The Morgan fingerprint density at radius 3 is 2.90 bits per heavy atom. The quantitative estimate of drug-likeness (QED) is 0.222. The van der Waals surface area contributed by atoms with Crippen molar-refractivity contribution in [1.82, 2.24) is 29.3 Å². The number of Topliss-reactive ketones (excluding diaryl/α,β-unsaturated/α-hetero) is 1. The van der Waals surface area contributed by atoms with Gasteiger partial charge in [0.15, 0.2) is 11.4 Å². The van der Waals surface area contributed by atoms with Crippen LogP contribution in [0.15, 0.2) is 61.2 Å². The molecule has 1 amide bonds. The Morgan fingerprint density at radius 2 is 2.17 bits per heavy atom. The molecule has 0 spiro atoms. The highest BCUT2D eigenvalue weighted by Gasteiger charge is 2.38. The lowest BCUT2D eigenvalue weighted by Gasteiger charge is -2.18. The molecule has 41 heavy (non-hydrogen) atoms. The number of amides is 1. The lowest BCUT2D eigenvalue weighted by molar-refractivity contribution is -0.131. The molecule has 1 fully saturated rings. The first-order valence-electron chi connectivity index (χ1n) is 13.4. The molecule has 1 aliphatic rings. The van der Waals surface area contributed by atoms with Gasteiger partial charge >= 0.3 is 0 Å². The van der Waals surface area contributed by atoms with E-state index in [1.54, 1.807) is 55.9 Å². The van der Waals surface area contributed by atoms with Gasteiger partial charge in [-0.2, -0.15) is 15.5 Å². The van der Waals surface area contributed by atoms with Crippen molar-refractivity contribution in [2.24, 2.45) is 0 Å². The number of likely N-dealkylation sites (tertiary alicyclic amines) is 1. The van der Waals surface area contributed by atoms with E-state index in [-0.39, 0.29) is 31.2 Å². The zero-order chi connectivity index (χ0) is 29.1. The molecule has 4 aromatic rings. The minimum atomic E-state index is -1.54.